The minimum atomic E-state index is -1.10. The molecule has 6 rings (SSSR count). The summed E-state index contributed by atoms with van der Waals surface area (Å²) >= 11 is 0. The SMILES string of the molecule is COc1cc([C@@H]2c3cc4c(cc3CC3COC(=O)[C@@H]32)OCO4)cc(OC)c1OC(=O)C(C)NC(=O)OC1CC(C)(C)N([O])C(C)(C)C1. The van der Waals surface area contributed by atoms with E-state index in [2.05, 4.69) is 5.32 Å². The third kappa shape index (κ3) is 6.02. The molecule has 1 N–H and O–H groups in total. The summed E-state index contributed by atoms with van der Waals surface area (Å²) in [6.07, 6.45) is 0.0448. The lowest BCUT2D eigenvalue weighted by Gasteiger charge is -2.49. The molecule has 13 nitrogen and oxygen atoms in total. The second-order valence-corrected chi connectivity index (χ2v) is 13.9. The van der Waals surface area contributed by atoms with Gasteiger partial charge in [0.2, 0.25) is 12.5 Å². The smallest absolute Gasteiger partial charge is 0.408 e. The maximum atomic E-state index is 13.2. The molecule has 2 unspecified atom stereocenters. The maximum absolute atomic E-state index is 13.2. The number of alkyl carbamates (subject to hydrolysis) is 1. The second-order valence-electron chi connectivity index (χ2n) is 13.9. The van der Waals surface area contributed by atoms with Crippen molar-refractivity contribution in [3.8, 4) is 28.7 Å². The highest BCUT2D eigenvalue weighted by Crippen LogP contribution is 2.52. The number of rotatable bonds is 7. The van der Waals surface area contributed by atoms with Gasteiger partial charge in [-0.15, -0.1) is 10.3 Å². The largest absolute Gasteiger partial charge is 0.493 e. The van der Waals surface area contributed by atoms with E-state index in [0.717, 1.165) is 16.2 Å². The molecule has 0 saturated carbocycles. The van der Waals surface area contributed by atoms with Crippen LogP contribution in [-0.2, 0) is 30.7 Å². The van der Waals surface area contributed by atoms with Crippen LogP contribution in [0.1, 0.15) is 70.1 Å². The number of methoxy groups -OCH3 is 2. The van der Waals surface area contributed by atoms with Crippen molar-refractivity contribution in [2.45, 2.75) is 83.0 Å². The zero-order valence-corrected chi connectivity index (χ0v) is 27.7. The minimum Gasteiger partial charge on any atom is -0.493 e. The molecular formula is C34H41N2O11. The van der Waals surface area contributed by atoms with Gasteiger partial charge in [0, 0.05) is 35.8 Å². The number of fused-ring (bicyclic) bond motifs is 3. The molecule has 47 heavy (non-hydrogen) atoms. The van der Waals surface area contributed by atoms with E-state index in [1.54, 1.807) is 39.8 Å². The molecule has 1 radical (unpaired) electrons. The Kier molecular flexibility index (Phi) is 8.41. The Bertz CT molecular complexity index is 1540. The molecule has 2 saturated heterocycles. The molecule has 13 heteroatoms. The number of hydroxylamine groups is 2. The number of piperidine rings is 1. The Labute approximate surface area is 273 Å². The summed E-state index contributed by atoms with van der Waals surface area (Å²) in [6, 6.07) is 6.21. The lowest BCUT2D eigenvalue weighted by atomic mass is 9.67. The molecule has 0 aromatic heterocycles. The first-order valence-corrected chi connectivity index (χ1v) is 15.7. The molecular weight excluding hydrogens is 612 g/mol. The van der Waals surface area contributed by atoms with Gasteiger partial charge in [-0.05, 0) is 82.0 Å². The number of carbonyl (C=O) groups is 3. The van der Waals surface area contributed by atoms with Crippen LogP contribution < -0.4 is 29.0 Å². The van der Waals surface area contributed by atoms with Gasteiger partial charge in [-0.25, -0.2) is 9.59 Å². The lowest BCUT2D eigenvalue weighted by molar-refractivity contribution is -0.298. The lowest BCUT2D eigenvalue weighted by Crippen LogP contribution is -2.60. The highest BCUT2D eigenvalue weighted by molar-refractivity contribution is 5.84. The third-order valence-corrected chi connectivity index (χ3v) is 9.59. The van der Waals surface area contributed by atoms with Crippen molar-refractivity contribution in [3.63, 3.8) is 0 Å². The van der Waals surface area contributed by atoms with E-state index in [0.29, 0.717) is 42.9 Å². The number of esters is 2. The van der Waals surface area contributed by atoms with Gasteiger partial charge >= 0.3 is 18.0 Å². The van der Waals surface area contributed by atoms with Crippen molar-refractivity contribution in [2.24, 2.45) is 11.8 Å². The van der Waals surface area contributed by atoms with Crippen LogP contribution in [0.15, 0.2) is 24.3 Å². The number of nitrogens with one attached hydrogen (secondary N) is 1. The van der Waals surface area contributed by atoms with Crippen LogP contribution in [0.2, 0.25) is 0 Å². The molecule has 0 bridgehead atoms. The number of amides is 1. The van der Waals surface area contributed by atoms with Gasteiger partial charge in [-0.1, -0.05) is 0 Å². The van der Waals surface area contributed by atoms with Gasteiger partial charge in [0.25, 0.3) is 0 Å². The van der Waals surface area contributed by atoms with Gasteiger partial charge in [0.15, 0.2) is 23.0 Å². The third-order valence-electron chi connectivity index (χ3n) is 9.59. The molecule has 0 spiro atoms. The van der Waals surface area contributed by atoms with Gasteiger partial charge in [0.05, 0.1) is 26.7 Å². The molecule has 2 aromatic carbocycles. The van der Waals surface area contributed by atoms with Crippen LogP contribution in [0, 0.1) is 11.8 Å². The molecule has 253 valence electrons. The van der Waals surface area contributed by atoms with Crippen molar-refractivity contribution in [1.29, 1.82) is 0 Å². The Morgan fingerprint density at radius 3 is 2.19 bits per heavy atom. The van der Waals surface area contributed by atoms with Crippen molar-refractivity contribution in [2.75, 3.05) is 27.6 Å². The topological polar surface area (TPSA) is 151 Å². The predicted molar refractivity (Wildman–Crippen MR) is 164 cm³/mol. The van der Waals surface area contributed by atoms with Gasteiger partial charge < -0.3 is 38.5 Å². The number of hydrogen-bond acceptors (Lipinski definition) is 11. The molecule has 1 amide bonds. The predicted octanol–water partition coefficient (Wildman–Crippen LogP) is 4.30. The average Bonchev–Trinajstić information content (AvgIpc) is 3.62. The first-order chi connectivity index (χ1) is 22.2. The van der Waals surface area contributed by atoms with Crippen LogP contribution in [0.5, 0.6) is 28.7 Å². The van der Waals surface area contributed by atoms with E-state index in [9.17, 15) is 19.6 Å². The number of cyclic esters (lactones) is 1. The Balaban J connectivity index is 1.22. The van der Waals surface area contributed by atoms with Crippen molar-refractivity contribution in [1.82, 2.24) is 10.4 Å². The molecule has 3 heterocycles. The first-order valence-electron chi connectivity index (χ1n) is 15.7. The van der Waals surface area contributed by atoms with E-state index in [4.69, 9.17) is 33.2 Å². The highest BCUT2D eigenvalue weighted by atomic mass is 16.7. The minimum absolute atomic E-state index is 0.0179. The van der Waals surface area contributed by atoms with Gasteiger partial charge in [-0.3, -0.25) is 4.79 Å². The van der Waals surface area contributed by atoms with E-state index in [1.807, 2.05) is 12.1 Å². The molecule has 2 aromatic rings. The van der Waals surface area contributed by atoms with E-state index < -0.39 is 47.1 Å². The van der Waals surface area contributed by atoms with Crippen molar-refractivity contribution < 1.29 is 52.7 Å². The molecule has 2 fully saturated rings. The molecule has 3 aliphatic heterocycles. The van der Waals surface area contributed by atoms with Crippen LogP contribution in [-0.4, -0.2) is 73.9 Å². The number of nitrogens with zero attached hydrogens (tertiary/aromatic N) is 1. The standard InChI is InChI=1S/C34H41N2O11/c1-17(35-32(39)46-21-13-33(2,3)36(40)34(4,5)14-21)30(37)47-29-25(41-6)10-19(11-26(29)42-7)27-22-12-24-23(44-16-45-24)9-18(22)8-20-15-43-31(38)28(20)27/h9-12,17,20-21,27-28H,8,13-16H2,1-7H3,(H,35,39)/t17?,20?,27-,28+/m1/s1. The zero-order valence-electron chi connectivity index (χ0n) is 27.7. The van der Waals surface area contributed by atoms with Crippen molar-refractivity contribution >= 4 is 18.0 Å². The summed E-state index contributed by atoms with van der Waals surface area (Å²) in [5, 5.41) is 16.2. The fraction of sp³-hybridized carbons (Fsp3) is 0.559. The summed E-state index contributed by atoms with van der Waals surface area (Å²) in [5.41, 5.74) is 1.20. The summed E-state index contributed by atoms with van der Waals surface area (Å²) < 4.78 is 39.5. The summed E-state index contributed by atoms with van der Waals surface area (Å²) in [5.74, 6) is -0.277. The van der Waals surface area contributed by atoms with E-state index in [-0.39, 0.29) is 35.9 Å². The normalized spacial score (nSPS) is 24.8. The second kappa shape index (κ2) is 12.1. The fourth-order valence-electron chi connectivity index (χ4n) is 7.55. The molecule has 1 aliphatic carbocycles. The van der Waals surface area contributed by atoms with Gasteiger partial charge in [0.1, 0.15) is 12.1 Å². The van der Waals surface area contributed by atoms with Crippen LogP contribution in [0.3, 0.4) is 0 Å². The van der Waals surface area contributed by atoms with E-state index in [1.165, 1.54) is 21.1 Å². The first kappa shape index (κ1) is 32.7. The van der Waals surface area contributed by atoms with Crippen LogP contribution >= 0.6 is 0 Å². The van der Waals surface area contributed by atoms with Crippen molar-refractivity contribution in [3.05, 3.63) is 41.0 Å². The number of hydrogen-bond donors (Lipinski definition) is 1. The maximum Gasteiger partial charge on any atom is 0.408 e. The Morgan fingerprint density at radius 1 is 0.957 bits per heavy atom. The van der Waals surface area contributed by atoms with E-state index >= 15 is 0 Å². The average molecular weight is 654 g/mol. The quantitative estimate of drug-likeness (QED) is 0.337. The highest BCUT2D eigenvalue weighted by Gasteiger charge is 2.49. The van der Waals surface area contributed by atoms with Crippen LogP contribution in [0.4, 0.5) is 4.79 Å². The number of carbonyl (C=O) groups excluding carboxylic acids is 3. The molecule has 4 atom stereocenters. The van der Waals surface area contributed by atoms with Gasteiger partial charge in [-0.2, -0.15) is 0 Å². The summed E-state index contributed by atoms with van der Waals surface area (Å²) in [6.45, 7) is 9.14. The number of ether oxygens (including phenoxy) is 7. The molecule has 4 aliphatic rings. The number of benzene rings is 2. The summed E-state index contributed by atoms with van der Waals surface area (Å²) in [7, 11) is 2.87. The zero-order chi connectivity index (χ0) is 33.8. The monoisotopic (exact) mass is 653 g/mol. The van der Waals surface area contributed by atoms with Crippen LogP contribution in [0.25, 0.3) is 0 Å². The Hall–Kier alpha value is -4.23. The Morgan fingerprint density at radius 2 is 1.57 bits per heavy atom. The fourth-order valence-corrected chi connectivity index (χ4v) is 7.55. The summed E-state index contributed by atoms with van der Waals surface area (Å²) in [4.78, 5) is 39.1.